The molecule has 9 heteroatoms. The summed E-state index contributed by atoms with van der Waals surface area (Å²) in [6.45, 7) is 0.163. The molecule has 1 saturated heterocycles. The summed E-state index contributed by atoms with van der Waals surface area (Å²) in [6, 6.07) is 4.15. The average Bonchev–Trinajstić information content (AvgIpc) is 3.19. The molecule has 1 aliphatic carbocycles. The van der Waals surface area contributed by atoms with Gasteiger partial charge in [0.2, 0.25) is 10.0 Å². The molecule has 2 aliphatic rings. The Morgan fingerprint density at radius 2 is 2.04 bits per heavy atom. The van der Waals surface area contributed by atoms with E-state index >= 15 is 0 Å². The third kappa shape index (κ3) is 3.08. The highest BCUT2D eigenvalue weighted by Gasteiger charge is 2.57. The molecule has 27 heavy (non-hydrogen) atoms. The van der Waals surface area contributed by atoms with Crippen LogP contribution < -0.4 is 4.74 Å². The highest BCUT2D eigenvalue weighted by molar-refractivity contribution is 7.89. The number of nitrogens with zero attached hydrogens (tertiary/aromatic N) is 2. The van der Waals surface area contributed by atoms with Crippen LogP contribution >= 0.6 is 0 Å². The molecule has 2 fully saturated rings. The van der Waals surface area contributed by atoms with Gasteiger partial charge in [0.25, 0.3) is 5.91 Å². The quantitative estimate of drug-likeness (QED) is 0.804. The van der Waals surface area contributed by atoms with Crippen LogP contribution in [0, 0.1) is 11.3 Å². The Morgan fingerprint density at radius 1 is 1.33 bits per heavy atom. The normalized spacial score (nSPS) is 25.2. The van der Waals surface area contributed by atoms with Gasteiger partial charge in [0.05, 0.1) is 23.0 Å². The molecule has 1 amide bonds. The number of carbonyl (C=O) groups is 2. The lowest BCUT2D eigenvalue weighted by molar-refractivity contribution is -0.149. The second kappa shape index (κ2) is 6.79. The van der Waals surface area contributed by atoms with Crippen LogP contribution in [0.15, 0.2) is 23.1 Å². The van der Waals surface area contributed by atoms with E-state index in [1.54, 1.807) is 14.1 Å². The fraction of sp³-hybridized carbons (Fsp3) is 0.556. The number of aliphatic carboxylic acids is 1. The summed E-state index contributed by atoms with van der Waals surface area (Å²) >= 11 is 0. The summed E-state index contributed by atoms with van der Waals surface area (Å²) in [4.78, 5) is 25.5. The number of methoxy groups -OCH3 is 1. The summed E-state index contributed by atoms with van der Waals surface area (Å²) in [7, 11) is 0.637. The van der Waals surface area contributed by atoms with Crippen molar-refractivity contribution in [3.8, 4) is 5.75 Å². The molecular formula is C18H24N2O6S. The Kier molecular flexibility index (Phi) is 4.94. The number of benzene rings is 1. The summed E-state index contributed by atoms with van der Waals surface area (Å²) < 4.78 is 32.7. The van der Waals surface area contributed by atoms with Gasteiger partial charge in [-0.15, -0.1) is 0 Å². The molecule has 1 N–H and O–H groups in total. The minimum atomic E-state index is -3.92. The molecule has 0 bridgehead atoms. The molecule has 1 heterocycles. The predicted octanol–water partition coefficient (Wildman–Crippen LogP) is 1.27. The number of carbonyl (C=O) groups excluding carboxylic acids is 1. The smallest absolute Gasteiger partial charge is 0.311 e. The maximum absolute atomic E-state index is 13.1. The first-order valence-electron chi connectivity index (χ1n) is 8.77. The van der Waals surface area contributed by atoms with E-state index in [4.69, 9.17) is 4.74 Å². The van der Waals surface area contributed by atoms with Crippen molar-refractivity contribution < 1.29 is 27.9 Å². The first kappa shape index (κ1) is 19.6. The Hall–Kier alpha value is -2.13. The molecule has 1 saturated carbocycles. The van der Waals surface area contributed by atoms with Crippen LogP contribution in [0.4, 0.5) is 0 Å². The van der Waals surface area contributed by atoms with Crippen molar-refractivity contribution in [3.63, 3.8) is 0 Å². The average molecular weight is 396 g/mol. The zero-order valence-corrected chi connectivity index (χ0v) is 16.5. The minimum absolute atomic E-state index is 0.0294. The second-order valence-corrected chi connectivity index (χ2v) is 9.35. The number of fused-ring (bicyclic) bond motifs is 1. The predicted molar refractivity (Wildman–Crippen MR) is 97.2 cm³/mol. The van der Waals surface area contributed by atoms with Crippen molar-refractivity contribution in [2.45, 2.75) is 24.2 Å². The zero-order chi connectivity index (χ0) is 20.0. The second-order valence-electron chi connectivity index (χ2n) is 7.41. The molecular weight excluding hydrogens is 372 g/mol. The Balaban J connectivity index is 1.98. The molecule has 1 aliphatic heterocycles. The highest BCUT2D eigenvalue weighted by Crippen LogP contribution is 2.50. The van der Waals surface area contributed by atoms with Gasteiger partial charge in [-0.1, -0.05) is 6.42 Å². The van der Waals surface area contributed by atoms with Crippen LogP contribution in [-0.4, -0.2) is 68.9 Å². The number of amides is 1. The van der Waals surface area contributed by atoms with E-state index in [0.29, 0.717) is 12.8 Å². The van der Waals surface area contributed by atoms with Crippen LogP contribution in [0.3, 0.4) is 0 Å². The molecule has 0 radical (unpaired) electrons. The van der Waals surface area contributed by atoms with Gasteiger partial charge in [-0.2, -0.15) is 4.31 Å². The summed E-state index contributed by atoms with van der Waals surface area (Å²) in [6.07, 6.45) is 2.01. The van der Waals surface area contributed by atoms with E-state index in [1.807, 2.05) is 0 Å². The van der Waals surface area contributed by atoms with Crippen LogP contribution in [0.25, 0.3) is 0 Å². The number of ether oxygens (including phenoxy) is 1. The van der Waals surface area contributed by atoms with Crippen LogP contribution in [0.1, 0.15) is 29.6 Å². The first-order valence-corrected chi connectivity index (χ1v) is 10.2. The van der Waals surface area contributed by atoms with Gasteiger partial charge in [0, 0.05) is 27.2 Å². The van der Waals surface area contributed by atoms with E-state index in [2.05, 4.69) is 0 Å². The van der Waals surface area contributed by atoms with Crippen molar-refractivity contribution in [2.75, 3.05) is 34.3 Å². The maximum atomic E-state index is 13.1. The van der Waals surface area contributed by atoms with Gasteiger partial charge in [-0.3, -0.25) is 9.59 Å². The summed E-state index contributed by atoms with van der Waals surface area (Å²) in [5.74, 6) is -1.19. The van der Waals surface area contributed by atoms with E-state index in [-0.39, 0.29) is 41.1 Å². The maximum Gasteiger partial charge on any atom is 0.311 e. The van der Waals surface area contributed by atoms with Crippen LogP contribution in [0.5, 0.6) is 5.75 Å². The Morgan fingerprint density at radius 3 is 2.59 bits per heavy atom. The van der Waals surface area contributed by atoms with Gasteiger partial charge in [-0.25, -0.2) is 8.42 Å². The number of rotatable bonds is 5. The SMILES string of the molecule is COc1ccc(S(=O)(=O)N2C[C@@H]3CCC[C@@]3(C(=O)O)C2)cc1C(=O)N(C)C. The van der Waals surface area contributed by atoms with Gasteiger partial charge in [0.15, 0.2) is 0 Å². The molecule has 8 nitrogen and oxygen atoms in total. The van der Waals surface area contributed by atoms with Crippen LogP contribution in [0.2, 0.25) is 0 Å². The van der Waals surface area contributed by atoms with E-state index in [9.17, 15) is 23.1 Å². The largest absolute Gasteiger partial charge is 0.496 e. The molecule has 0 unspecified atom stereocenters. The lowest BCUT2D eigenvalue weighted by Crippen LogP contribution is -2.37. The molecule has 0 aromatic heterocycles. The number of carboxylic acids is 1. The van der Waals surface area contributed by atoms with E-state index in [1.165, 1.54) is 34.5 Å². The van der Waals surface area contributed by atoms with Crippen LogP contribution in [-0.2, 0) is 14.8 Å². The van der Waals surface area contributed by atoms with Crippen molar-refractivity contribution in [1.82, 2.24) is 9.21 Å². The van der Waals surface area contributed by atoms with Gasteiger partial charge >= 0.3 is 5.97 Å². The molecule has 148 valence electrons. The topological polar surface area (TPSA) is 104 Å². The van der Waals surface area contributed by atoms with Gasteiger partial charge < -0.3 is 14.7 Å². The zero-order valence-electron chi connectivity index (χ0n) is 15.6. The van der Waals surface area contributed by atoms with Gasteiger partial charge in [-0.05, 0) is 37.0 Å². The number of carboxylic acid groups (broad SMARTS) is 1. The number of hydrogen-bond donors (Lipinski definition) is 1. The Labute approximate surface area is 158 Å². The van der Waals surface area contributed by atoms with E-state index < -0.39 is 21.4 Å². The lowest BCUT2D eigenvalue weighted by atomic mass is 9.81. The monoisotopic (exact) mass is 396 g/mol. The first-order chi connectivity index (χ1) is 12.6. The third-order valence-corrected chi connectivity index (χ3v) is 7.52. The van der Waals surface area contributed by atoms with Crippen molar-refractivity contribution in [1.29, 1.82) is 0 Å². The fourth-order valence-corrected chi connectivity index (χ4v) is 5.76. The van der Waals surface area contributed by atoms with Crippen molar-refractivity contribution in [3.05, 3.63) is 23.8 Å². The molecule has 2 atom stereocenters. The number of hydrogen-bond acceptors (Lipinski definition) is 5. The third-order valence-electron chi connectivity index (χ3n) is 5.71. The van der Waals surface area contributed by atoms with Crippen molar-refractivity contribution >= 4 is 21.9 Å². The summed E-state index contributed by atoms with van der Waals surface area (Å²) in [5.41, 5.74) is -0.849. The molecule has 1 aromatic carbocycles. The standard InChI is InChI=1S/C18H24N2O6S/c1-19(2)16(21)14-9-13(6-7-15(14)26-3)27(24,25)20-10-12-5-4-8-18(12,11-20)17(22)23/h6-7,9,12H,4-5,8,10-11H2,1-3H3,(H,22,23)/t12-,18+/m0/s1. The fourth-order valence-electron chi connectivity index (χ4n) is 4.18. The molecule has 0 spiro atoms. The number of sulfonamides is 1. The molecule has 3 rings (SSSR count). The lowest BCUT2D eigenvalue weighted by Gasteiger charge is -2.23. The Bertz CT molecular complexity index is 882. The van der Waals surface area contributed by atoms with E-state index in [0.717, 1.165) is 6.42 Å². The minimum Gasteiger partial charge on any atom is -0.496 e. The van der Waals surface area contributed by atoms with Crippen molar-refractivity contribution in [2.24, 2.45) is 11.3 Å². The highest BCUT2D eigenvalue weighted by atomic mass is 32.2. The van der Waals surface area contributed by atoms with Gasteiger partial charge in [0.1, 0.15) is 5.75 Å². The summed E-state index contributed by atoms with van der Waals surface area (Å²) in [5, 5.41) is 9.69. The molecule has 1 aromatic rings.